The van der Waals surface area contributed by atoms with Gasteiger partial charge in [0.25, 0.3) is 0 Å². The van der Waals surface area contributed by atoms with Gasteiger partial charge in [0.2, 0.25) is 23.4 Å². The number of thiazole rings is 1. The van der Waals surface area contributed by atoms with E-state index < -0.39 is 76.8 Å². The van der Waals surface area contributed by atoms with Gasteiger partial charge in [0.15, 0.2) is 34.2 Å². The Balaban J connectivity index is 1.53. The van der Waals surface area contributed by atoms with Crippen LogP contribution in [0.3, 0.4) is 0 Å². The van der Waals surface area contributed by atoms with Crippen LogP contribution >= 0.6 is 11.3 Å². The molecule has 4 rings (SSSR count). The molecule has 1 aliphatic rings. The summed E-state index contributed by atoms with van der Waals surface area (Å²) in [7, 11) is 1.28. The van der Waals surface area contributed by atoms with E-state index in [1.165, 1.54) is 23.3 Å². The molecule has 6 N–H and O–H groups in total. The first kappa shape index (κ1) is 32.7. The molecule has 3 atom stereocenters. The normalized spacial score (nSPS) is 16.1. The number of halogens is 5. The standard InChI is InChI=1S/C28H30F5N7O3S/c1-36-16(12-13-19(29)21(31)23(33)22(32)20(13)30)27(43)40-11-5-8-17(40)25(42)38-15(7-4-10-37-28(34)35)24(41)26-39-14-6-2-3-9-18(14)44-26/h2-3,6,9,15-17,36H,4-5,7-8,10-12H2,1H3,(H,38,42)(H4,34,35,37)/t15?,16-,17+/m1/s1. The zero-order valence-corrected chi connectivity index (χ0v) is 24.3. The number of carbonyl (C=O) groups is 3. The van der Waals surface area contributed by atoms with Crippen molar-refractivity contribution in [2.24, 2.45) is 16.5 Å². The molecular formula is C28H30F5N7O3S. The lowest BCUT2D eigenvalue weighted by atomic mass is 10.0. The van der Waals surface area contributed by atoms with Crippen LogP contribution in [-0.2, 0) is 16.0 Å². The Morgan fingerprint density at radius 1 is 1.05 bits per heavy atom. The Hall–Kier alpha value is -4.18. The molecule has 44 heavy (non-hydrogen) atoms. The third kappa shape index (κ3) is 6.96. The Bertz CT molecular complexity index is 1540. The number of para-hydroxylation sites is 1. The van der Waals surface area contributed by atoms with Crippen LogP contribution in [0.5, 0.6) is 0 Å². The van der Waals surface area contributed by atoms with E-state index in [0.717, 1.165) is 4.70 Å². The Morgan fingerprint density at radius 2 is 1.70 bits per heavy atom. The number of nitrogens with zero attached hydrogens (tertiary/aromatic N) is 3. The number of hydrogen-bond acceptors (Lipinski definition) is 7. The highest BCUT2D eigenvalue weighted by molar-refractivity contribution is 7.20. The smallest absolute Gasteiger partial charge is 0.243 e. The van der Waals surface area contributed by atoms with E-state index in [9.17, 15) is 36.3 Å². The molecule has 2 amide bonds. The van der Waals surface area contributed by atoms with E-state index in [-0.39, 0.29) is 36.9 Å². The fraction of sp³-hybridized carbons (Fsp3) is 0.393. The number of Topliss-reactive ketones (excluding diaryl/α,β-unsaturated/α-hetero) is 1. The number of nitrogens with two attached hydrogens (primary N) is 2. The van der Waals surface area contributed by atoms with Crippen molar-refractivity contribution < 1.29 is 36.3 Å². The van der Waals surface area contributed by atoms with Gasteiger partial charge in [-0.25, -0.2) is 26.9 Å². The fourth-order valence-electron chi connectivity index (χ4n) is 5.02. The lowest BCUT2D eigenvalue weighted by Gasteiger charge is -2.29. The molecule has 1 aromatic heterocycles. The number of aromatic nitrogens is 1. The molecule has 3 aromatic rings. The highest BCUT2D eigenvalue weighted by Crippen LogP contribution is 2.27. The second-order valence-corrected chi connectivity index (χ2v) is 11.2. The van der Waals surface area contributed by atoms with Crippen LogP contribution < -0.4 is 22.1 Å². The van der Waals surface area contributed by atoms with E-state index in [2.05, 4.69) is 20.6 Å². The maximum absolute atomic E-state index is 14.3. The monoisotopic (exact) mass is 639 g/mol. The van der Waals surface area contributed by atoms with E-state index >= 15 is 0 Å². The van der Waals surface area contributed by atoms with Crippen molar-refractivity contribution in [1.82, 2.24) is 20.5 Å². The number of carbonyl (C=O) groups excluding carboxylic acids is 3. The van der Waals surface area contributed by atoms with E-state index in [1.54, 1.807) is 18.2 Å². The molecule has 10 nitrogen and oxygen atoms in total. The number of aliphatic imine (C=N–C) groups is 1. The van der Waals surface area contributed by atoms with Gasteiger partial charge in [-0.15, -0.1) is 11.3 Å². The fourth-order valence-corrected chi connectivity index (χ4v) is 5.98. The largest absolute Gasteiger partial charge is 0.370 e. The first-order valence-corrected chi connectivity index (χ1v) is 14.5. The summed E-state index contributed by atoms with van der Waals surface area (Å²) in [4.78, 5) is 49.9. The number of hydrogen-bond donors (Lipinski definition) is 4. The van der Waals surface area contributed by atoms with Gasteiger partial charge in [-0.05, 0) is 44.9 Å². The SMILES string of the molecule is CN[C@H](Cc1c(F)c(F)c(F)c(F)c1F)C(=O)N1CCC[C@H]1C(=O)NC(CCCN=C(N)N)C(=O)c1nc2ccccc2s1. The first-order chi connectivity index (χ1) is 20.9. The number of likely N-dealkylation sites (tertiary alicyclic amines) is 1. The molecule has 1 saturated heterocycles. The lowest BCUT2D eigenvalue weighted by molar-refractivity contribution is -0.140. The Kier molecular flexibility index (Phi) is 10.5. The average Bonchev–Trinajstić information content (AvgIpc) is 3.68. The highest BCUT2D eigenvalue weighted by Gasteiger charge is 2.39. The minimum absolute atomic E-state index is 0.0905. The van der Waals surface area contributed by atoms with Gasteiger partial charge in [0.05, 0.1) is 22.3 Å². The van der Waals surface area contributed by atoms with Crippen LogP contribution in [0.2, 0.25) is 0 Å². The van der Waals surface area contributed by atoms with Gasteiger partial charge in [0, 0.05) is 25.1 Å². The van der Waals surface area contributed by atoms with Crippen molar-refractivity contribution in [3.05, 3.63) is 63.9 Å². The van der Waals surface area contributed by atoms with Crippen LogP contribution in [0.15, 0.2) is 29.3 Å². The molecule has 1 aliphatic heterocycles. The number of amides is 2. The van der Waals surface area contributed by atoms with Crippen molar-refractivity contribution in [1.29, 1.82) is 0 Å². The van der Waals surface area contributed by atoms with E-state index in [4.69, 9.17) is 11.5 Å². The number of rotatable bonds is 12. The molecule has 2 heterocycles. The Labute approximate surface area is 252 Å². The molecule has 0 spiro atoms. The van der Waals surface area contributed by atoms with Gasteiger partial charge in [-0.3, -0.25) is 19.4 Å². The van der Waals surface area contributed by atoms with Gasteiger partial charge >= 0.3 is 0 Å². The highest BCUT2D eigenvalue weighted by atomic mass is 32.1. The van der Waals surface area contributed by atoms with E-state index in [1.807, 2.05) is 6.07 Å². The van der Waals surface area contributed by atoms with Crippen molar-refractivity contribution in [2.75, 3.05) is 20.1 Å². The van der Waals surface area contributed by atoms with Gasteiger partial charge in [-0.1, -0.05) is 12.1 Å². The number of nitrogens with one attached hydrogen (secondary N) is 2. The molecular weight excluding hydrogens is 609 g/mol. The predicted octanol–water partition coefficient (Wildman–Crippen LogP) is 2.53. The van der Waals surface area contributed by atoms with Crippen LogP contribution in [-0.4, -0.2) is 71.7 Å². The number of fused-ring (bicyclic) bond motifs is 1. The maximum atomic E-state index is 14.3. The summed E-state index contributed by atoms with van der Waals surface area (Å²) in [6.45, 7) is 0.282. The summed E-state index contributed by atoms with van der Waals surface area (Å²) < 4.78 is 70.5. The van der Waals surface area contributed by atoms with Gasteiger partial charge < -0.3 is 27.0 Å². The maximum Gasteiger partial charge on any atom is 0.243 e. The molecule has 0 bridgehead atoms. The van der Waals surface area contributed by atoms with Crippen molar-refractivity contribution in [2.45, 2.75) is 50.2 Å². The summed E-state index contributed by atoms with van der Waals surface area (Å²) in [6, 6.07) is 3.63. The topological polar surface area (TPSA) is 156 Å². The van der Waals surface area contributed by atoms with Gasteiger partial charge in [-0.2, -0.15) is 0 Å². The summed E-state index contributed by atoms with van der Waals surface area (Å²) in [5, 5.41) is 5.43. The molecule has 0 radical (unpaired) electrons. The Morgan fingerprint density at radius 3 is 2.34 bits per heavy atom. The van der Waals surface area contributed by atoms with Gasteiger partial charge in [0.1, 0.15) is 6.04 Å². The molecule has 1 fully saturated rings. The third-order valence-electron chi connectivity index (χ3n) is 7.28. The van der Waals surface area contributed by atoms with Crippen LogP contribution in [0, 0.1) is 29.1 Å². The van der Waals surface area contributed by atoms with Crippen LogP contribution in [0.4, 0.5) is 22.0 Å². The minimum Gasteiger partial charge on any atom is -0.370 e. The van der Waals surface area contributed by atoms with Crippen LogP contribution in [0.1, 0.15) is 41.0 Å². The lowest BCUT2D eigenvalue weighted by Crippen LogP contribution is -2.54. The third-order valence-corrected chi connectivity index (χ3v) is 8.33. The zero-order valence-electron chi connectivity index (χ0n) is 23.5. The number of benzene rings is 2. The van der Waals surface area contributed by atoms with Crippen molar-refractivity contribution in [3.8, 4) is 0 Å². The number of guanidine groups is 1. The minimum atomic E-state index is -2.30. The molecule has 0 saturated carbocycles. The quantitative estimate of drug-likeness (QED) is 0.0452. The second-order valence-electron chi connectivity index (χ2n) is 10.1. The summed E-state index contributed by atoms with van der Waals surface area (Å²) >= 11 is 1.17. The molecule has 16 heteroatoms. The van der Waals surface area contributed by atoms with E-state index in [0.29, 0.717) is 18.4 Å². The average molecular weight is 640 g/mol. The summed E-state index contributed by atoms with van der Waals surface area (Å²) in [6.07, 6.45) is 0.222. The van der Waals surface area contributed by atoms with Crippen molar-refractivity contribution >= 4 is 45.1 Å². The first-order valence-electron chi connectivity index (χ1n) is 13.7. The molecule has 2 aromatic carbocycles. The zero-order chi connectivity index (χ0) is 32.1. The number of ketones is 1. The van der Waals surface area contributed by atoms with Crippen LogP contribution in [0.25, 0.3) is 10.2 Å². The molecule has 1 unspecified atom stereocenters. The second kappa shape index (κ2) is 14.1. The predicted molar refractivity (Wildman–Crippen MR) is 153 cm³/mol. The summed E-state index contributed by atoms with van der Waals surface area (Å²) in [5.41, 5.74) is 10.2. The van der Waals surface area contributed by atoms with Crippen molar-refractivity contribution in [3.63, 3.8) is 0 Å². The number of likely N-dealkylation sites (N-methyl/N-ethyl adjacent to an activating group) is 1. The molecule has 236 valence electrons. The molecule has 0 aliphatic carbocycles. The summed E-state index contributed by atoms with van der Waals surface area (Å²) in [5.74, 6) is -12.6.